The van der Waals surface area contributed by atoms with Gasteiger partial charge in [0.2, 0.25) is 15.9 Å². The van der Waals surface area contributed by atoms with Gasteiger partial charge in [0.25, 0.3) is 5.91 Å². The molecule has 0 aromatic carbocycles. The Balaban J connectivity index is 1.66. The van der Waals surface area contributed by atoms with Gasteiger partial charge in [-0.15, -0.1) is 11.3 Å². The first kappa shape index (κ1) is 25.5. The minimum absolute atomic E-state index is 0.195. The maximum atomic E-state index is 12.8. The summed E-state index contributed by atoms with van der Waals surface area (Å²) in [5.74, 6) is 0.146. The third kappa shape index (κ3) is 6.68. The lowest BCUT2D eigenvalue weighted by Gasteiger charge is -2.13. The molecule has 34 heavy (non-hydrogen) atoms. The largest absolute Gasteiger partial charge is 0.477 e. The van der Waals surface area contributed by atoms with Crippen molar-refractivity contribution in [1.29, 1.82) is 0 Å². The SMILES string of the molecule is C=N/C=C(\N=C(C)c1ccc(NC(=O)C(OC)c2csc(NS(=O)(=O)C3CC3)n2)nc1)OCC. The van der Waals surface area contributed by atoms with Crippen molar-refractivity contribution in [1.82, 2.24) is 9.97 Å². The molecule has 1 atom stereocenters. The maximum absolute atomic E-state index is 12.8. The number of aliphatic imine (C=N–C) groups is 2. The van der Waals surface area contributed by atoms with Crippen molar-refractivity contribution >= 4 is 50.6 Å². The van der Waals surface area contributed by atoms with Gasteiger partial charge in [-0.05, 0) is 45.5 Å². The molecule has 0 spiro atoms. The lowest BCUT2D eigenvalue weighted by Crippen LogP contribution is -2.23. The second-order valence-corrected chi connectivity index (χ2v) is 10.1. The Morgan fingerprint density at radius 2 is 2.18 bits per heavy atom. The van der Waals surface area contributed by atoms with Crippen molar-refractivity contribution < 1.29 is 22.7 Å². The highest BCUT2D eigenvalue weighted by Crippen LogP contribution is 2.31. The molecule has 1 amide bonds. The Morgan fingerprint density at radius 3 is 2.76 bits per heavy atom. The molecule has 1 unspecified atom stereocenters. The molecule has 1 aliphatic rings. The summed E-state index contributed by atoms with van der Waals surface area (Å²) in [6.07, 6.45) is 3.23. The fraction of sp³-hybridized carbons (Fsp3) is 0.381. The maximum Gasteiger partial charge on any atom is 0.260 e. The van der Waals surface area contributed by atoms with E-state index in [-0.39, 0.29) is 10.4 Å². The molecular formula is C21H26N6O5S2. The van der Waals surface area contributed by atoms with Crippen LogP contribution in [-0.4, -0.2) is 55.7 Å². The van der Waals surface area contributed by atoms with E-state index in [9.17, 15) is 13.2 Å². The van der Waals surface area contributed by atoms with Crippen molar-refractivity contribution in [2.45, 2.75) is 38.0 Å². The van der Waals surface area contributed by atoms with Gasteiger partial charge in [0.05, 0.1) is 29.5 Å². The number of nitrogens with one attached hydrogen (secondary N) is 2. The van der Waals surface area contributed by atoms with Crippen LogP contribution in [0.1, 0.15) is 44.1 Å². The van der Waals surface area contributed by atoms with E-state index >= 15 is 0 Å². The Morgan fingerprint density at radius 1 is 1.41 bits per heavy atom. The number of hydrogen-bond acceptors (Lipinski definition) is 10. The van der Waals surface area contributed by atoms with Crippen molar-refractivity contribution in [3.8, 4) is 0 Å². The van der Waals surface area contributed by atoms with E-state index in [0.29, 0.717) is 42.6 Å². The predicted octanol–water partition coefficient (Wildman–Crippen LogP) is 3.11. The van der Waals surface area contributed by atoms with Gasteiger partial charge in [0, 0.05) is 24.3 Å². The fourth-order valence-electron chi connectivity index (χ4n) is 2.83. The third-order valence-corrected chi connectivity index (χ3v) is 7.39. The first-order valence-corrected chi connectivity index (χ1v) is 12.8. The number of amides is 1. The minimum atomic E-state index is -3.44. The standard InChI is InChI=1S/C21H26N6O5S2/c1-5-32-18(11-22-3)24-13(2)14-6-9-17(23-10-14)26-20(28)19(31-4)16-12-33-21(25-16)27-34(29,30)15-7-8-15/h6,9-12,15,19H,3,5,7-8H2,1-2,4H3,(H,25,27)(H,23,26,28)/b18-11+,24-13?. The van der Waals surface area contributed by atoms with Gasteiger partial charge in [-0.2, -0.15) is 0 Å². The number of anilines is 2. The Labute approximate surface area is 202 Å². The highest BCUT2D eigenvalue weighted by molar-refractivity contribution is 7.93. The third-order valence-electron chi connectivity index (χ3n) is 4.66. The van der Waals surface area contributed by atoms with Crippen molar-refractivity contribution in [3.05, 3.63) is 47.1 Å². The molecule has 2 aromatic rings. The number of aromatic nitrogens is 2. The summed E-state index contributed by atoms with van der Waals surface area (Å²) in [4.78, 5) is 29.2. The smallest absolute Gasteiger partial charge is 0.260 e. The van der Waals surface area contributed by atoms with Crippen LogP contribution in [0.5, 0.6) is 0 Å². The molecule has 11 nitrogen and oxygen atoms in total. The zero-order chi connectivity index (χ0) is 24.7. The second-order valence-electron chi connectivity index (χ2n) is 7.24. The molecule has 3 rings (SSSR count). The first-order chi connectivity index (χ1) is 16.3. The molecular weight excluding hydrogens is 480 g/mol. The van der Waals surface area contributed by atoms with Gasteiger partial charge < -0.3 is 14.8 Å². The van der Waals surface area contributed by atoms with E-state index in [1.54, 1.807) is 30.6 Å². The molecule has 1 aliphatic carbocycles. The van der Waals surface area contributed by atoms with Crippen LogP contribution in [0.15, 0.2) is 45.8 Å². The molecule has 0 saturated heterocycles. The minimum Gasteiger partial charge on any atom is -0.477 e. The van der Waals surface area contributed by atoms with Gasteiger partial charge in [-0.3, -0.25) is 14.5 Å². The average Bonchev–Trinajstić information content (AvgIpc) is 3.57. The summed E-state index contributed by atoms with van der Waals surface area (Å²) in [5, 5.41) is 4.08. The van der Waals surface area contributed by atoms with Crippen molar-refractivity contribution in [3.63, 3.8) is 0 Å². The Bertz CT molecular complexity index is 1190. The number of methoxy groups -OCH3 is 1. The fourth-order valence-corrected chi connectivity index (χ4v) is 5.15. The summed E-state index contributed by atoms with van der Waals surface area (Å²) in [6.45, 7) is 7.47. The van der Waals surface area contributed by atoms with Gasteiger partial charge in [0.15, 0.2) is 11.2 Å². The van der Waals surface area contributed by atoms with Crippen LogP contribution in [0, 0.1) is 0 Å². The summed E-state index contributed by atoms with van der Waals surface area (Å²) in [7, 11) is -2.07. The number of nitrogens with zero attached hydrogens (tertiary/aromatic N) is 4. The molecule has 2 heterocycles. The topological polar surface area (TPSA) is 144 Å². The summed E-state index contributed by atoms with van der Waals surface area (Å²) in [6, 6.07) is 3.38. The molecule has 1 fully saturated rings. The van der Waals surface area contributed by atoms with Gasteiger partial charge in [-0.25, -0.2) is 23.4 Å². The van der Waals surface area contributed by atoms with E-state index in [1.165, 1.54) is 13.3 Å². The molecule has 0 radical (unpaired) electrons. The zero-order valence-corrected chi connectivity index (χ0v) is 20.6. The molecule has 0 bridgehead atoms. The Hall–Kier alpha value is -3.16. The molecule has 1 saturated carbocycles. The number of hydrogen-bond donors (Lipinski definition) is 2. The number of rotatable bonds is 12. The van der Waals surface area contributed by atoms with Gasteiger partial charge in [-0.1, -0.05) is 0 Å². The first-order valence-electron chi connectivity index (χ1n) is 10.4. The molecule has 2 aromatic heterocycles. The second kappa shape index (κ2) is 11.3. The van der Waals surface area contributed by atoms with Crippen molar-refractivity contribution in [2.24, 2.45) is 9.98 Å². The van der Waals surface area contributed by atoms with E-state index in [4.69, 9.17) is 9.47 Å². The van der Waals surface area contributed by atoms with Crippen LogP contribution in [-0.2, 0) is 24.3 Å². The summed E-state index contributed by atoms with van der Waals surface area (Å²) in [5.41, 5.74) is 1.67. The van der Waals surface area contributed by atoms with Crippen LogP contribution in [0.4, 0.5) is 10.9 Å². The number of ether oxygens (including phenoxy) is 2. The highest BCUT2D eigenvalue weighted by atomic mass is 32.2. The summed E-state index contributed by atoms with van der Waals surface area (Å²) < 4.78 is 37.3. The normalized spacial score (nSPS) is 15.5. The number of pyridine rings is 1. The van der Waals surface area contributed by atoms with Crippen LogP contribution in [0.2, 0.25) is 0 Å². The van der Waals surface area contributed by atoms with Crippen LogP contribution < -0.4 is 10.0 Å². The molecule has 0 aliphatic heterocycles. The lowest BCUT2D eigenvalue weighted by molar-refractivity contribution is -0.126. The molecule has 182 valence electrons. The van der Waals surface area contributed by atoms with E-state index in [0.717, 1.165) is 16.9 Å². The lowest BCUT2D eigenvalue weighted by atomic mass is 10.2. The number of carbonyl (C=O) groups excluding carboxylic acids is 1. The van der Waals surface area contributed by atoms with Gasteiger partial charge >= 0.3 is 0 Å². The molecule has 13 heteroatoms. The predicted molar refractivity (Wildman–Crippen MR) is 132 cm³/mol. The average molecular weight is 507 g/mol. The van der Waals surface area contributed by atoms with E-state index in [2.05, 4.69) is 36.7 Å². The van der Waals surface area contributed by atoms with Gasteiger partial charge in [0.1, 0.15) is 5.82 Å². The molecule has 2 N–H and O–H groups in total. The van der Waals surface area contributed by atoms with Crippen LogP contribution in [0.25, 0.3) is 0 Å². The van der Waals surface area contributed by atoms with Crippen molar-refractivity contribution in [2.75, 3.05) is 23.8 Å². The quantitative estimate of drug-likeness (QED) is 0.332. The zero-order valence-electron chi connectivity index (χ0n) is 19.0. The highest BCUT2D eigenvalue weighted by Gasteiger charge is 2.36. The number of sulfonamides is 1. The Kier molecular flexibility index (Phi) is 8.47. The number of thiazole rings is 1. The van der Waals surface area contributed by atoms with Crippen LogP contribution in [0.3, 0.4) is 0 Å². The van der Waals surface area contributed by atoms with E-state index in [1.807, 2.05) is 6.92 Å². The monoisotopic (exact) mass is 506 g/mol. The van der Waals surface area contributed by atoms with Crippen LogP contribution >= 0.6 is 11.3 Å². The summed E-state index contributed by atoms with van der Waals surface area (Å²) >= 11 is 1.09. The number of carbonyl (C=O) groups is 1. The van der Waals surface area contributed by atoms with E-state index < -0.39 is 22.0 Å².